The van der Waals surface area contributed by atoms with Gasteiger partial charge in [0, 0.05) is 25.7 Å². The Kier molecular flexibility index (Phi) is 6.32. The third-order valence-electron chi connectivity index (χ3n) is 3.41. The number of hydrogen-bond donors (Lipinski definition) is 1. The van der Waals surface area contributed by atoms with Gasteiger partial charge in [-0.2, -0.15) is 0 Å². The smallest absolute Gasteiger partial charge is 0.0826 e. The lowest BCUT2D eigenvalue weighted by Gasteiger charge is -2.31. The van der Waals surface area contributed by atoms with Crippen molar-refractivity contribution in [2.45, 2.75) is 45.8 Å². The van der Waals surface area contributed by atoms with Crippen molar-refractivity contribution in [2.24, 2.45) is 5.92 Å². The molecule has 3 heteroatoms. The number of rotatable bonds is 6. The summed E-state index contributed by atoms with van der Waals surface area (Å²) in [5.74, 6) is 0.809. The fourth-order valence-electron chi connectivity index (χ4n) is 2.03. The van der Waals surface area contributed by atoms with E-state index in [1.165, 1.54) is 12.8 Å². The fourth-order valence-corrected chi connectivity index (χ4v) is 2.03. The van der Waals surface area contributed by atoms with Crippen molar-refractivity contribution in [2.75, 3.05) is 33.3 Å². The first-order valence-electron chi connectivity index (χ1n) is 6.62. The molecule has 0 aliphatic carbocycles. The Morgan fingerprint density at radius 3 is 2.62 bits per heavy atom. The lowest BCUT2D eigenvalue weighted by atomic mass is 10.0. The van der Waals surface area contributed by atoms with E-state index >= 15 is 0 Å². The molecule has 0 saturated carbocycles. The second kappa shape index (κ2) is 7.25. The Balaban J connectivity index is 2.19. The summed E-state index contributed by atoms with van der Waals surface area (Å²) in [5, 5.41) is 3.38. The maximum Gasteiger partial charge on any atom is 0.0826 e. The maximum atomic E-state index is 5.72. The van der Waals surface area contributed by atoms with E-state index in [9.17, 15) is 0 Å². The van der Waals surface area contributed by atoms with Crippen LogP contribution in [0.2, 0.25) is 0 Å². The molecule has 1 aliphatic heterocycles. The van der Waals surface area contributed by atoms with Gasteiger partial charge in [-0.3, -0.25) is 0 Å². The summed E-state index contributed by atoms with van der Waals surface area (Å²) in [4.78, 5) is 2.43. The van der Waals surface area contributed by atoms with Crippen molar-refractivity contribution in [3.05, 3.63) is 0 Å². The molecule has 0 amide bonds. The Morgan fingerprint density at radius 1 is 1.31 bits per heavy atom. The minimum Gasteiger partial charge on any atom is -0.374 e. The standard InChI is InChI=1S/C13H28N2O/c1-11(2)5-6-12(3)15(4)10-13-9-14-7-8-16-13/h11-14H,5-10H2,1-4H3. The Labute approximate surface area is 101 Å². The van der Waals surface area contributed by atoms with Crippen LogP contribution in [-0.2, 0) is 4.74 Å². The van der Waals surface area contributed by atoms with Crippen LogP contribution in [0.3, 0.4) is 0 Å². The van der Waals surface area contributed by atoms with Gasteiger partial charge in [0.15, 0.2) is 0 Å². The highest BCUT2D eigenvalue weighted by Gasteiger charge is 2.18. The third-order valence-corrected chi connectivity index (χ3v) is 3.41. The van der Waals surface area contributed by atoms with Crippen molar-refractivity contribution < 1.29 is 4.74 Å². The zero-order chi connectivity index (χ0) is 12.0. The van der Waals surface area contributed by atoms with Crippen molar-refractivity contribution in [3.8, 4) is 0 Å². The molecule has 0 aromatic carbocycles. The van der Waals surface area contributed by atoms with Crippen molar-refractivity contribution in [1.29, 1.82) is 0 Å². The van der Waals surface area contributed by atoms with E-state index in [0.717, 1.165) is 32.2 Å². The van der Waals surface area contributed by atoms with E-state index < -0.39 is 0 Å². The predicted octanol–water partition coefficient (Wildman–Crippen LogP) is 1.73. The van der Waals surface area contributed by atoms with E-state index in [1.54, 1.807) is 0 Å². The zero-order valence-corrected chi connectivity index (χ0v) is 11.3. The molecular weight excluding hydrogens is 200 g/mol. The van der Waals surface area contributed by atoms with Crippen LogP contribution in [0.1, 0.15) is 33.6 Å². The summed E-state index contributed by atoms with van der Waals surface area (Å²) in [5.41, 5.74) is 0. The van der Waals surface area contributed by atoms with Gasteiger partial charge in [-0.25, -0.2) is 0 Å². The first-order chi connectivity index (χ1) is 7.59. The zero-order valence-electron chi connectivity index (χ0n) is 11.3. The lowest BCUT2D eigenvalue weighted by molar-refractivity contribution is 0.00322. The van der Waals surface area contributed by atoms with Gasteiger partial charge in [0.1, 0.15) is 0 Å². The van der Waals surface area contributed by atoms with Gasteiger partial charge in [0.05, 0.1) is 12.7 Å². The van der Waals surface area contributed by atoms with Crippen LogP contribution in [-0.4, -0.2) is 50.3 Å². The highest BCUT2D eigenvalue weighted by atomic mass is 16.5. The summed E-state index contributed by atoms with van der Waals surface area (Å²) < 4.78 is 5.72. The Morgan fingerprint density at radius 2 is 2.06 bits per heavy atom. The maximum absolute atomic E-state index is 5.72. The van der Waals surface area contributed by atoms with E-state index in [2.05, 4.69) is 38.0 Å². The van der Waals surface area contributed by atoms with Gasteiger partial charge < -0.3 is 15.0 Å². The molecule has 1 rings (SSSR count). The number of hydrogen-bond acceptors (Lipinski definition) is 3. The highest BCUT2D eigenvalue weighted by Crippen LogP contribution is 2.11. The SMILES string of the molecule is CC(C)CCC(C)N(C)CC1CNCCO1. The second-order valence-electron chi connectivity index (χ2n) is 5.46. The van der Waals surface area contributed by atoms with Crippen LogP contribution in [0, 0.1) is 5.92 Å². The largest absolute Gasteiger partial charge is 0.374 e. The molecule has 0 aromatic heterocycles. The number of likely N-dealkylation sites (N-methyl/N-ethyl adjacent to an activating group) is 1. The summed E-state index contributed by atoms with van der Waals surface area (Å²) in [7, 11) is 2.21. The monoisotopic (exact) mass is 228 g/mol. The summed E-state index contributed by atoms with van der Waals surface area (Å²) in [6.07, 6.45) is 2.98. The van der Waals surface area contributed by atoms with Crippen LogP contribution in [0.25, 0.3) is 0 Å². The topological polar surface area (TPSA) is 24.5 Å². The number of nitrogens with one attached hydrogen (secondary N) is 1. The molecule has 0 spiro atoms. The molecule has 0 radical (unpaired) electrons. The Hall–Kier alpha value is -0.120. The molecule has 2 atom stereocenters. The molecule has 0 bridgehead atoms. The average Bonchev–Trinajstić information content (AvgIpc) is 2.27. The van der Waals surface area contributed by atoms with Crippen LogP contribution in [0.5, 0.6) is 0 Å². The molecule has 1 saturated heterocycles. The van der Waals surface area contributed by atoms with Crippen LogP contribution in [0.15, 0.2) is 0 Å². The van der Waals surface area contributed by atoms with Crippen LogP contribution >= 0.6 is 0 Å². The van der Waals surface area contributed by atoms with Crippen molar-refractivity contribution >= 4 is 0 Å². The van der Waals surface area contributed by atoms with Gasteiger partial charge in [-0.1, -0.05) is 13.8 Å². The molecule has 96 valence electrons. The normalized spacial score (nSPS) is 24.0. The number of nitrogens with zero attached hydrogens (tertiary/aromatic N) is 1. The highest BCUT2D eigenvalue weighted by molar-refractivity contribution is 4.73. The van der Waals surface area contributed by atoms with Gasteiger partial charge in [0.25, 0.3) is 0 Å². The van der Waals surface area contributed by atoms with Gasteiger partial charge in [0.2, 0.25) is 0 Å². The molecular formula is C13H28N2O. The van der Waals surface area contributed by atoms with Crippen LogP contribution < -0.4 is 5.32 Å². The molecule has 16 heavy (non-hydrogen) atoms. The van der Waals surface area contributed by atoms with E-state index in [-0.39, 0.29) is 0 Å². The Bertz CT molecular complexity index is 179. The summed E-state index contributed by atoms with van der Waals surface area (Å²) in [6.45, 7) is 10.8. The first-order valence-corrected chi connectivity index (χ1v) is 6.62. The van der Waals surface area contributed by atoms with Gasteiger partial charge >= 0.3 is 0 Å². The molecule has 3 nitrogen and oxygen atoms in total. The summed E-state index contributed by atoms with van der Waals surface area (Å²) >= 11 is 0. The predicted molar refractivity (Wildman–Crippen MR) is 68.8 cm³/mol. The first kappa shape index (κ1) is 13.9. The van der Waals surface area contributed by atoms with Gasteiger partial charge in [-0.15, -0.1) is 0 Å². The molecule has 1 aliphatic rings. The van der Waals surface area contributed by atoms with E-state index in [4.69, 9.17) is 4.74 Å². The van der Waals surface area contributed by atoms with Crippen molar-refractivity contribution in [1.82, 2.24) is 10.2 Å². The molecule has 1 N–H and O–H groups in total. The van der Waals surface area contributed by atoms with E-state index in [1.807, 2.05) is 0 Å². The van der Waals surface area contributed by atoms with Crippen molar-refractivity contribution in [3.63, 3.8) is 0 Å². The lowest BCUT2D eigenvalue weighted by Crippen LogP contribution is -2.46. The van der Waals surface area contributed by atoms with E-state index in [0.29, 0.717) is 12.1 Å². The minimum absolute atomic E-state index is 0.375. The van der Waals surface area contributed by atoms with Crippen LogP contribution in [0.4, 0.5) is 0 Å². The fraction of sp³-hybridized carbons (Fsp3) is 1.00. The quantitative estimate of drug-likeness (QED) is 0.749. The number of ether oxygens (including phenoxy) is 1. The number of morpholine rings is 1. The second-order valence-corrected chi connectivity index (χ2v) is 5.46. The minimum atomic E-state index is 0.375. The van der Waals surface area contributed by atoms with Gasteiger partial charge in [-0.05, 0) is 32.7 Å². The molecule has 2 unspecified atom stereocenters. The average molecular weight is 228 g/mol. The molecule has 1 fully saturated rings. The summed E-state index contributed by atoms with van der Waals surface area (Å²) in [6, 6.07) is 0.660. The third kappa shape index (κ3) is 5.28. The molecule has 0 aromatic rings. The molecule has 1 heterocycles.